The highest BCUT2D eigenvalue weighted by Crippen LogP contribution is 2.52. The molecule has 1 aromatic carbocycles. The van der Waals surface area contributed by atoms with Crippen LogP contribution < -0.4 is 4.74 Å². The number of fused-ring (bicyclic) bond motifs is 4. The van der Waals surface area contributed by atoms with Gasteiger partial charge in [-0.3, -0.25) is 4.90 Å². The van der Waals surface area contributed by atoms with E-state index in [0.717, 1.165) is 42.4 Å². The smallest absolute Gasteiger partial charge is 0.407 e. The molecular weight excluding hydrogens is 553 g/mol. The van der Waals surface area contributed by atoms with Crippen LogP contribution in [-0.2, 0) is 6.42 Å². The van der Waals surface area contributed by atoms with Crippen LogP contribution in [0.4, 0.5) is 9.18 Å². The fourth-order valence-corrected chi connectivity index (χ4v) is 7.53. The predicted octanol–water partition coefficient (Wildman–Crippen LogP) is 5.64. The third kappa shape index (κ3) is 3.77. The number of hydrogen-bond acceptors (Lipinski definition) is 5. The molecule has 10 heteroatoms. The Labute approximate surface area is 229 Å². The van der Waals surface area contributed by atoms with Gasteiger partial charge in [0.05, 0.1) is 33.5 Å². The van der Waals surface area contributed by atoms with Gasteiger partial charge in [0.15, 0.2) is 5.82 Å². The van der Waals surface area contributed by atoms with Crippen molar-refractivity contribution < 1.29 is 19.0 Å². The van der Waals surface area contributed by atoms with E-state index < -0.39 is 11.9 Å². The van der Waals surface area contributed by atoms with Gasteiger partial charge in [-0.15, -0.1) is 0 Å². The fourth-order valence-electron chi connectivity index (χ4n) is 7.03. The Morgan fingerprint density at radius 3 is 2.84 bits per heavy atom. The summed E-state index contributed by atoms with van der Waals surface area (Å²) in [5.41, 5.74) is 2.72. The van der Waals surface area contributed by atoms with Gasteiger partial charge < -0.3 is 19.3 Å². The van der Waals surface area contributed by atoms with Crippen molar-refractivity contribution in [1.29, 1.82) is 5.26 Å². The summed E-state index contributed by atoms with van der Waals surface area (Å²) in [7, 11) is 2.10. The van der Waals surface area contributed by atoms with Crippen molar-refractivity contribution in [2.24, 2.45) is 5.92 Å². The van der Waals surface area contributed by atoms with E-state index in [0.29, 0.717) is 34.3 Å². The quantitative estimate of drug-likeness (QED) is 0.403. The number of likely N-dealkylation sites (N-methyl/N-ethyl adjacent to an activating group) is 1. The number of hydrogen-bond donors (Lipinski definition) is 1. The van der Waals surface area contributed by atoms with Crippen molar-refractivity contribution in [2.75, 3.05) is 20.1 Å². The van der Waals surface area contributed by atoms with Gasteiger partial charge in [-0.05, 0) is 86.7 Å². The second-order valence-corrected chi connectivity index (χ2v) is 11.8. The van der Waals surface area contributed by atoms with Gasteiger partial charge in [-0.1, -0.05) is 0 Å². The molecule has 7 rings (SSSR count). The zero-order valence-electron chi connectivity index (χ0n) is 21.7. The Kier molecular flexibility index (Phi) is 6.27. The van der Waals surface area contributed by atoms with E-state index in [-0.39, 0.29) is 42.1 Å². The molecule has 1 saturated carbocycles. The van der Waals surface area contributed by atoms with Gasteiger partial charge in [0.1, 0.15) is 11.6 Å². The number of amides is 1. The normalized spacial score (nSPS) is 25.6. The number of halogens is 2. The first-order valence-corrected chi connectivity index (χ1v) is 14.1. The lowest BCUT2D eigenvalue weighted by molar-refractivity contribution is 0.118. The Hall–Kier alpha value is -2.90. The molecule has 1 aliphatic carbocycles. The fraction of sp³-hybridized carbons (Fsp3) is 0.536. The van der Waals surface area contributed by atoms with E-state index in [9.17, 15) is 9.90 Å². The van der Waals surface area contributed by atoms with Crippen LogP contribution in [0.3, 0.4) is 0 Å². The number of likely N-dealkylation sites (tertiary alicyclic amines) is 1. The lowest BCUT2D eigenvalue weighted by atomic mass is 9.79. The molecule has 5 atom stereocenters. The van der Waals surface area contributed by atoms with Crippen LogP contribution in [0.25, 0.3) is 21.8 Å². The number of carboxylic acid groups (broad SMARTS) is 1. The molecule has 3 saturated heterocycles. The summed E-state index contributed by atoms with van der Waals surface area (Å²) < 4.78 is 24.9. The van der Waals surface area contributed by atoms with Crippen LogP contribution >= 0.6 is 15.9 Å². The molecule has 200 valence electrons. The Bertz CT molecular complexity index is 1500. The number of carbonyl (C=O) groups is 1. The van der Waals surface area contributed by atoms with Gasteiger partial charge in [0.2, 0.25) is 5.88 Å². The van der Waals surface area contributed by atoms with Crippen LogP contribution in [0, 0.1) is 30.0 Å². The van der Waals surface area contributed by atoms with Crippen molar-refractivity contribution in [3.8, 4) is 11.9 Å². The standard InChI is InChI=1S/C28H31BrFN5O3/c1-14-10-19-26(35(14)25-17-12-21(25)34(13-17)28(36)37)18-11-16(6-4-8-31)22(29)23(30)24(18)32-27(19)38-15(2)20-7-5-9-33(20)3/h10-11,15,17,20-21,25H,4-7,9,12-13H2,1-3H3,(H,36,37)/t15-,17+,20-,21+,25-/m0/s1. The van der Waals surface area contributed by atoms with Crippen LogP contribution in [0.5, 0.6) is 5.88 Å². The minimum atomic E-state index is -0.895. The first kappa shape index (κ1) is 25.4. The second-order valence-electron chi connectivity index (χ2n) is 11.1. The molecule has 0 radical (unpaired) electrons. The third-order valence-electron chi connectivity index (χ3n) is 8.90. The SMILES string of the molecule is Cc1cc2c(O[C@@H](C)[C@@H]3CCCN3C)nc3c(F)c(Br)c(CCC#N)cc3c2n1[C@H]1[C@@H]2C[C@H]1N(C(=O)O)C2. The molecule has 1 N–H and O–H groups in total. The third-order valence-corrected chi connectivity index (χ3v) is 9.76. The number of pyridine rings is 1. The van der Waals surface area contributed by atoms with Crippen molar-refractivity contribution >= 4 is 43.8 Å². The molecule has 0 unspecified atom stereocenters. The van der Waals surface area contributed by atoms with Crippen LogP contribution in [0.1, 0.15) is 49.9 Å². The maximum absolute atomic E-state index is 15.9. The molecule has 4 aliphatic rings. The predicted molar refractivity (Wildman–Crippen MR) is 145 cm³/mol. The van der Waals surface area contributed by atoms with Crippen molar-refractivity contribution in [1.82, 2.24) is 19.4 Å². The summed E-state index contributed by atoms with van der Waals surface area (Å²) in [6, 6.07) is 6.24. The Balaban J connectivity index is 1.56. The summed E-state index contributed by atoms with van der Waals surface area (Å²) in [6.45, 7) is 5.58. The number of aromatic nitrogens is 2. The lowest BCUT2D eigenvalue weighted by Crippen LogP contribution is -2.42. The molecule has 5 heterocycles. The van der Waals surface area contributed by atoms with Gasteiger partial charge >= 0.3 is 6.09 Å². The minimum Gasteiger partial charge on any atom is -0.472 e. The number of benzene rings is 1. The van der Waals surface area contributed by atoms with Crippen LogP contribution in [-0.4, -0.2) is 68.9 Å². The summed E-state index contributed by atoms with van der Waals surface area (Å²) in [6.07, 6.45) is 2.64. The van der Waals surface area contributed by atoms with E-state index in [1.165, 1.54) is 4.90 Å². The maximum atomic E-state index is 15.9. The first-order valence-electron chi connectivity index (χ1n) is 13.3. The highest BCUT2D eigenvalue weighted by Gasteiger charge is 2.55. The minimum absolute atomic E-state index is 0.0188. The lowest BCUT2D eigenvalue weighted by Gasteiger charge is -2.38. The molecule has 4 fully saturated rings. The molecule has 1 amide bonds. The number of ether oxygens (including phenoxy) is 1. The molecule has 0 spiro atoms. The van der Waals surface area contributed by atoms with Crippen molar-refractivity contribution in [3.63, 3.8) is 0 Å². The Morgan fingerprint density at radius 2 is 2.18 bits per heavy atom. The average Bonchev–Trinajstić information content (AvgIpc) is 3.65. The first-order chi connectivity index (χ1) is 18.2. The van der Waals surface area contributed by atoms with Gasteiger partial charge in [0.25, 0.3) is 0 Å². The summed E-state index contributed by atoms with van der Waals surface area (Å²) in [5, 5.41) is 20.4. The summed E-state index contributed by atoms with van der Waals surface area (Å²) >= 11 is 3.41. The maximum Gasteiger partial charge on any atom is 0.407 e. The van der Waals surface area contributed by atoms with E-state index in [1.807, 2.05) is 26.0 Å². The zero-order valence-corrected chi connectivity index (χ0v) is 23.3. The van der Waals surface area contributed by atoms with Crippen molar-refractivity contribution in [2.45, 2.75) is 70.2 Å². The zero-order chi connectivity index (χ0) is 26.9. The van der Waals surface area contributed by atoms with E-state index in [4.69, 9.17) is 15.0 Å². The molecule has 2 bridgehead atoms. The largest absolute Gasteiger partial charge is 0.472 e. The van der Waals surface area contributed by atoms with E-state index in [1.54, 1.807) is 0 Å². The number of rotatable bonds is 6. The molecule has 3 aliphatic heterocycles. The Morgan fingerprint density at radius 1 is 1.39 bits per heavy atom. The number of aryl methyl sites for hydroxylation is 2. The molecule has 3 aromatic rings. The monoisotopic (exact) mass is 583 g/mol. The van der Waals surface area contributed by atoms with Gasteiger partial charge in [-0.25, -0.2) is 14.2 Å². The van der Waals surface area contributed by atoms with E-state index >= 15 is 4.39 Å². The van der Waals surface area contributed by atoms with Crippen LogP contribution in [0.15, 0.2) is 16.6 Å². The molecule has 2 aromatic heterocycles. The average molecular weight is 584 g/mol. The molecule has 38 heavy (non-hydrogen) atoms. The highest BCUT2D eigenvalue weighted by molar-refractivity contribution is 9.10. The number of nitriles is 1. The second kappa shape index (κ2) is 9.38. The van der Waals surface area contributed by atoms with E-state index in [2.05, 4.69) is 38.5 Å². The summed E-state index contributed by atoms with van der Waals surface area (Å²) in [4.78, 5) is 20.5. The van der Waals surface area contributed by atoms with Gasteiger partial charge in [0, 0.05) is 36.0 Å². The number of nitrogens with zero attached hydrogens (tertiary/aromatic N) is 5. The topological polar surface area (TPSA) is 94.6 Å². The van der Waals surface area contributed by atoms with Crippen molar-refractivity contribution in [3.05, 3.63) is 33.7 Å². The van der Waals surface area contributed by atoms with Gasteiger partial charge in [-0.2, -0.15) is 5.26 Å². The summed E-state index contributed by atoms with van der Waals surface area (Å²) in [5.74, 6) is 0.142. The molecule has 8 nitrogen and oxygen atoms in total. The molecular formula is C28H31BrFN5O3. The van der Waals surface area contributed by atoms with Crippen LogP contribution in [0.2, 0.25) is 0 Å². The highest BCUT2D eigenvalue weighted by atomic mass is 79.9.